The van der Waals surface area contributed by atoms with E-state index in [1.54, 1.807) is 12.3 Å². The molecule has 0 spiro atoms. The minimum absolute atomic E-state index is 0.130. The molecule has 2 atom stereocenters. The van der Waals surface area contributed by atoms with Crippen LogP contribution in [0.2, 0.25) is 0 Å². The smallest absolute Gasteiger partial charge is 0.255 e. The summed E-state index contributed by atoms with van der Waals surface area (Å²) in [5.74, 6) is 0.682. The molecular formula is C13H20BrN3O. The summed E-state index contributed by atoms with van der Waals surface area (Å²) in [4.78, 5) is 16.0. The molecule has 0 aliphatic carbocycles. The largest absolute Gasteiger partial charge is 0.383 e. The highest BCUT2D eigenvalue weighted by Crippen LogP contribution is 2.16. The number of carbonyl (C=O) groups is 1. The predicted octanol–water partition coefficient (Wildman–Crippen LogP) is 2.98. The van der Waals surface area contributed by atoms with Crippen molar-refractivity contribution in [2.24, 2.45) is 5.92 Å². The standard InChI is InChI=1S/C13H20BrN3O/c1-4-8(2)5-9(3)17-13(18)11-6-10(14)7-16-12(11)15/h6-9H,4-5H2,1-3H3,(H2,15,16)(H,17,18). The molecule has 1 heterocycles. The molecule has 2 unspecified atom stereocenters. The van der Waals surface area contributed by atoms with Crippen molar-refractivity contribution in [2.75, 3.05) is 5.73 Å². The minimum atomic E-state index is -0.169. The highest BCUT2D eigenvalue weighted by atomic mass is 79.9. The molecule has 100 valence electrons. The second kappa shape index (κ2) is 6.73. The molecular weight excluding hydrogens is 294 g/mol. The fourth-order valence-electron chi connectivity index (χ4n) is 1.76. The summed E-state index contributed by atoms with van der Waals surface area (Å²) < 4.78 is 0.747. The second-order valence-electron chi connectivity index (χ2n) is 4.71. The van der Waals surface area contributed by atoms with Crippen LogP contribution in [0, 0.1) is 5.92 Å². The Morgan fingerprint density at radius 3 is 2.83 bits per heavy atom. The number of nitrogens with two attached hydrogens (primary N) is 1. The van der Waals surface area contributed by atoms with Gasteiger partial charge in [-0.05, 0) is 41.3 Å². The Morgan fingerprint density at radius 2 is 2.22 bits per heavy atom. The van der Waals surface area contributed by atoms with Crippen LogP contribution < -0.4 is 11.1 Å². The Hall–Kier alpha value is -1.10. The van der Waals surface area contributed by atoms with Gasteiger partial charge >= 0.3 is 0 Å². The Kier molecular flexibility index (Phi) is 5.59. The first kappa shape index (κ1) is 15.0. The number of halogens is 1. The second-order valence-corrected chi connectivity index (χ2v) is 5.63. The number of pyridine rings is 1. The summed E-state index contributed by atoms with van der Waals surface area (Å²) in [6.45, 7) is 6.33. The molecule has 5 heteroatoms. The fraction of sp³-hybridized carbons (Fsp3) is 0.538. The summed E-state index contributed by atoms with van der Waals surface area (Å²) >= 11 is 3.28. The van der Waals surface area contributed by atoms with Crippen LogP contribution in [0.25, 0.3) is 0 Å². The van der Waals surface area contributed by atoms with Gasteiger partial charge in [0.25, 0.3) is 5.91 Å². The molecule has 0 aliphatic rings. The van der Waals surface area contributed by atoms with Crippen LogP contribution in [0.4, 0.5) is 5.82 Å². The molecule has 0 radical (unpaired) electrons. The van der Waals surface area contributed by atoms with Gasteiger partial charge < -0.3 is 11.1 Å². The summed E-state index contributed by atoms with van der Waals surface area (Å²) in [5, 5.41) is 2.95. The van der Waals surface area contributed by atoms with E-state index in [0.717, 1.165) is 17.3 Å². The number of amides is 1. The topological polar surface area (TPSA) is 68.0 Å². The van der Waals surface area contributed by atoms with E-state index >= 15 is 0 Å². The lowest BCUT2D eigenvalue weighted by Gasteiger charge is -2.17. The van der Waals surface area contributed by atoms with Gasteiger partial charge in [-0.3, -0.25) is 4.79 Å². The number of hydrogen-bond acceptors (Lipinski definition) is 3. The normalized spacial score (nSPS) is 14.0. The summed E-state index contributed by atoms with van der Waals surface area (Å²) in [5.41, 5.74) is 6.12. The molecule has 0 saturated carbocycles. The van der Waals surface area contributed by atoms with Crippen LogP contribution in [0.15, 0.2) is 16.7 Å². The van der Waals surface area contributed by atoms with Crippen molar-refractivity contribution >= 4 is 27.7 Å². The average molecular weight is 314 g/mol. The van der Waals surface area contributed by atoms with E-state index < -0.39 is 0 Å². The van der Waals surface area contributed by atoms with Gasteiger partial charge in [0.05, 0.1) is 5.56 Å². The zero-order valence-electron chi connectivity index (χ0n) is 11.0. The van der Waals surface area contributed by atoms with Crippen LogP contribution in [-0.2, 0) is 0 Å². The zero-order chi connectivity index (χ0) is 13.7. The molecule has 1 amide bonds. The lowest BCUT2D eigenvalue weighted by atomic mass is 10.0. The number of rotatable bonds is 5. The fourth-order valence-corrected chi connectivity index (χ4v) is 2.09. The highest BCUT2D eigenvalue weighted by Gasteiger charge is 2.15. The van der Waals surface area contributed by atoms with Crippen molar-refractivity contribution in [3.63, 3.8) is 0 Å². The molecule has 0 bridgehead atoms. The van der Waals surface area contributed by atoms with Crippen molar-refractivity contribution < 1.29 is 4.79 Å². The maximum absolute atomic E-state index is 12.0. The molecule has 0 fully saturated rings. The number of anilines is 1. The number of nitrogens with one attached hydrogen (secondary N) is 1. The quantitative estimate of drug-likeness (QED) is 0.878. The van der Waals surface area contributed by atoms with Gasteiger partial charge in [0.15, 0.2) is 0 Å². The molecule has 0 saturated heterocycles. The van der Waals surface area contributed by atoms with E-state index in [-0.39, 0.29) is 17.8 Å². The van der Waals surface area contributed by atoms with Crippen molar-refractivity contribution in [3.05, 3.63) is 22.3 Å². The Labute approximate surface area is 116 Å². The minimum Gasteiger partial charge on any atom is -0.383 e. The summed E-state index contributed by atoms with van der Waals surface area (Å²) in [6.07, 6.45) is 3.65. The molecule has 3 N–H and O–H groups in total. The molecule has 1 aromatic heterocycles. The van der Waals surface area contributed by atoms with Crippen molar-refractivity contribution in [1.82, 2.24) is 10.3 Å². The lowest BCUT2D eigenvalue weighted by molar-refractivity contribution is 0.0936. The first-order valence-electron chi connectivity index (χ1n) is 6.15. The first-order chi connectivity index (χ1) is 8.43. The van der Waals surface area contributed by atoms with E-state index in [1.807, 2.05) is 6.92 Å². The van der Waals surface area contributed by atoms with Crippen LogP contribution in [0.5, 0.6) is 0 Å². The van der Waals surface area contributed by atoms with E-state index in [9.17, 15) is 4.79 Å². The van der Waals surface area contributed by atoms with E-state index in [2.05, 4.69) is 40.1 Å². The number of hydrogen-bond donors (Lipinski definition) is 2. The van der Waals surface area contributed by atoms with Gasteiger partial charge in [-0.15, -0.1) is 0 Å². The highest BCUT2D eigenvalue weighted by molar-refractivity contribution is 9.10. The molecule has 1 aromatic rings. The Balaban J connectivity index is 2.67. The number of carbonyl (C=O) groups excluding carboxylic acids is 1. The van der Waals surface area contributed by atoms with E-state index in [4.69, 9.17) is 5.73 Å². The monoisotopic (exact) mass is 313 g/mol. The van der Waals surface area contributed by atoms with Gasteiger partial charge in [-0.25, -0.2) is 4.98 Å². The van der Waals surface area contributed by atoms with Crippen molar-refractivity contribution in [1.29, 1.82) is 0 Å². The zero-order valence-corrected chi connectivity index (χ0v) is 12.6. The van der Waals surface area contributed by atoms with Crippen LogP contribution >= 0.6 is 15.9 Å². The van der Waals surface area contributed by atoms with Gasteiger partial charge in [-0.2, -0.15) is 0 Å². The van der Waals surface area contributed by atoms with Gasteiger partial charge in [0.2, 0.25) is 0 Å². The third kappa shape index (κ3) is 4.29. The lowest BCUT2D eigenvalue weighted by Crippen LogP contribution is -2.34. The first-order valence-corrected chi connectivity index (χ1v) is 6.95. The van der Waals surface area contributed by atoms with Crippen molar-refractivity contribution in [3.8, 4) is 0 Å². The van der Waals surface area contributed by atoms with E-state index in [0.29, 0.717) is 11.5 Å². The molecule has 0 aliphatic heterocycles. The summed E-state index contributed by atoms with van der Waals surface area (Å²) in [7, 11) is 0. The number of nitrogen functional groups attached to an aromatic ring is 1. The average Bonchev–Trinajstić information content (AvgIpc) is 2.31. The van der Waals surface area contributed by atoms with Crippen LogP contribution in [0.1, 0.15) is 44.0 Å². The summed E-state index contributed by atoms with van der Waals surface area (Å²) in [6, 6.07) is 1.82. The number of nitrogens with zero attached hydrogens (tertiary/aromatic N) is 1. The maximum atomic E-state index is 12.0. The van der Waals surface area contributed by atoms with E-state index in [1.165, 1.54) is 0 Å². The van der Waals surface area contributed by atoms with Gasteiger partial charge in [0, 0.05) is 16.7 Å². The third-order valence-corrected chi connectivity index (χ3v) is 3.39. The molecule has 18 heavy (non-hydrogen) atoms. The van der Waals surface area contributed by atoms with Gasteiger partial charge in [-0.1, -0.05) is 20.3 Å². The molecule has 1 rings (SSSR count). The SMILES string of the molecule is CCC(C)CC(C)NC(=O)c1cc(Br)cnc1N. The Bertz CT molecular complexity index is 423. The van der Waals surface area contributed by atoms with Gasteiger partial charge in [0.1, 0.15) is 5.82 Å². The van der Waals surface area contributed by atoms with Crippen LogP contribution in [-0.4, -0.2) is 16.9 Å². The van der Waals surface area contributed by atoms with Crippen molar-refractivity contribution in [2.45, 2.75) is 39.7 Å². The maximum Gasteiger partial charge on any atom is 0.255 e. The molecule has 4 nitrogen and oxygen atoms in total. The van der Waals surface area contributed by atoms with Crippen LogP contribution in [0.3, 0.4) is 0 Å². The third-order valence-electron chi connectivity index (χ3n) is 2.96. The molecule has 0 aromatic carbocycles. The number of aromatic nitrogens is 1. The predicted molar refractivity (Wildman–Crippen MR) is 77.3 cm³/mol. The Morgan fingerprint density at radius 1 is 1.56 bits per heavy atom.